The predicted octanol–water partition coefficient (Wildman–Crippen LogP) is 5.45. The van der Waals surface area contributed by atoms with Gasteiger partial charge in [-0.25, -0.2) is 0 Å². The van der Waals surface area contributed by atoms with Gasteiger partial charge in [-0.15, -0.1) is 0 Å². The zero-order valence-corrected chi connectivity index (χ0v) is 17.6. The highest BCUT2D eigenvalue weighted by Gasteiger charge is 2.31. The summed E-state index contributed by atoms with van der Waals surface area (Å²) < 4.78 is 8.35. The SMILES string of the molecule is Cc1ccc(-c2c(C)oc3c(CN(CC4CC4)CC4CC4)c(C)nn23)c(C)c1. The normalized spacial score (nSPS) is 17.2. The molecule has 0 aliphatic heterocycles. The molecule has 2 fully saturated rings. The van der Waals surface area contributed by atoms with Crippen LogP contribution in [0.25, 0.3) is 17.0 Å². The molecule has 148 valence electrons. The first kappa shape index (κ1) is 18.0. The first-order chi connectivity index (χ1) is 13.5. The van der Waals surface area contributed by atoms with Crippen LogP contribution < -0.4 is 0 Å². The number of aromatic nitrogens is 2. The van der Waals surface area contributed by atoms with Crippen LogP contribution in [0.5, 0.6) is 0 Å². The van der Waals surface area contributed by atoms with Crippen molar-refractivity contribution < 1.29 is 4.42 Å². The Labute approximate surface area is 167 Å². The van der Waals surface area contributed by atoms with E-state index in [4.69, 9.17) is 9.52 Å². The van der Waals surface area contributed by atoms with Gasteiger partial charge in [-0.2, -0.15) is 9.61 Å². The van der Waals surface area contributed by atoms with Crippen molar-refractivity contribution in [2.45, 2.75) is 59.9 Å². The molecular weight excluding hydrogens is 346 g/mol. The zero-order valence-electron chi connectivity index (χ0n) is 17.6. The second-order valence-electron chi connectivity index (χ2n) is 9.19. The van der Waals surface area contributed by atoms with Crippen LogP contribution in [0.15, 0.2) is 22.6 Å². The summed E-state index contributed by atoms with van der Waals surface area (Å²) in [6.45, 7) is 11.9. The maximum Gasteiger partial charge on any atom is 0.227 e. The van der Waals surface area contributed by atoms with Crippen LogP contribution in [0, 0.1) is 39.5 Å². The van der Waals surface area contributed by atoms with E-state index in [2.05, 4.69) is 50.8 Å². The molecule has 0 radical (unpaired) electrons. The Morgan fingerprint density at radius 3 is 2.32 bits per heavy atom. The smallest absolute Gasteiger partial charge is 0.227 e. The van der Waals surface area contributed by atoms with Gasteiger partial charge in [0.15, 0.2) is 0 Å². The van der Waals surface area contributed by atoms with Gasteiger partial charge in [-0.05, 0) is 70.8 Å². The highest BCUT2D eigenvalue weighted by atomic mass is 16.4. The summed E-state index contributed by atoms with van der Waals surface area (Å²) in [6.07, 6.45) is 5.61. The maximum absolute atomic E-state index is 6.31. The highest BCUT2D eigenvalue weighted by molar-refractivity contribution is 5.70. The highest BCUT2D eigenvalue weighted by Crippen LogP contribution is 2.36. The van der Waals surface area contributed by atoms with Gasteiger partial charge in [0.2, 0.25) is 5.71 Å². The lowest BCUT2D eigenvalue weighted by atomic mass is 10.0. The summed E-state index contributed by atoms with van der Waals surface area (Å²) in [5, 5.41) is 4.91. The molecule has 1 aromatic carbocycles. The molecule has 2 heterocycles. The lowest BCUT2D eigenvalue weighted by Crippen LogP contribution is -2.28. The third kappa shape index (κ3) is 3.39. The number of nitrogens with zero attached hydrogens (tertiary/aromatic N) is 3. The molecule has 0 amide bonds. The van der Waals surface area contributed by atoms with E-state index in [0.29, 0.717) is 0 Å². The van der Waals surface area contributed by atoms with E-state index in [1.807, 2.05) is 4.52 Å². The van der Waals surface area contributed by atoms with Crippen molar-refractivity contribution in [3.05, 3.63) is 46.3 Å². The Kier molecular flexibility index (Phi) is 4.35. The molecule has 2 aromatic heterocycles. The molecular formula is C24H31N3O. The van der Waals surface area contributed by atoms with E-state index in [0.717, 1.165) is 41.2 Å². The van der Waals surface area contributed by atoms with E-state index >= 15 is 0 Å². The lowest BCUT2D eigenvalue weighted by molar-refractivity contribution is 0.243. The molecule has 0 atom stereocenters. The van der Waals surface area contributed by atoms with Crippen LogP contribution in [0.3, 0.4) is 0 Å². The van der Waals surface area contributed by atoms with Crippen molar-refractivity contribution in [2.24, 2.45) is 11.8 Å². The van der Waals surface area contributed by atoms with Crippen molar-refractivity contribution in [2.75, 3.05) is 13.1 Å². The van der Waals surface area contributed by atoms with Crippen molar-refractivity contribution in [3.8, 4) is 11.3 Å². The third-order valence-electron chi connectivity index (χ3n) is 6.38. The standard InChI is InChI=1S/C24H31N3O/c1-15-5-10-21(16(2)11-15)23-18(4)28-24-22(17(3)25-27(23)24)14-26(12-19-6-7-19)13-20-8-9-20/h5,10-11,19-20H,6-9,12-14H2,1-4H3. The van der Waals surface area contributed by atoms with Crippen molar-refractivity contribution in [3.63, 3.8) is 0 Å². The van der Waals surface area contributed by atoms with Crippen LogP contribution in [0.2, 0.25) is 0 Å². The molecule has 0 unspecified atom stereocenters. The number of benzene rings is 1. The number of aryl methyl sites for hydroxylation is 4. The molecule has 0 N–H and O–H groups in total. The first-order valence-corrected chi connectivity index (χ1v) is 10.8. The molecule has 0 bridgehead atoms. The summed E-state index contributed by atoms with van der Waals surface area (Å²) in [6, 6.07) is 6.61. The van der Waals surface area contributed by atoms with E-state index in [1.165, 1.54) is 61.0 Å². The minimum Gasteiger partial charge on any atom is -0.441 e. The fourth-order valence-corrected chi connectivity index (χ4v) is 4.46. The second kappa shape index (κ2) is 6.77. The van der Waals surface area contributed by atoms with E-state index in [9.17, 15) is 0 Å². The lowest BCUT2D eigenvalue weighted by Gasteiger charge is -2.21. The minimum atomic E-state index is 0.911. The van der Waals surface area contributed by atoms with Crippen LogP contribution >= 0.6 is 0 Å². The fourth-order valence-electron chi connectivity index (χ4n) is 4.46. The number of fused-ring (bicyclic) bond motifs is 1. The number of oxazole rings is 1. The largest absolute Gasteiger partial charge is 0.441 e. The van der Waals surface area contributed by atoms with Gasteiger partial charge in [0.1, 0.15) is 11.5 Å². The van der Waals surface area contributed by atoms with Gasteiger partial charge in [0.25, 0.3) is 0 Å². The average Bonchev–Trinajstić information content (AvgIpc) is 3.55. The van der Waals surface area contributed by atoms with Crippen molar-refractivity contribution in [1.29, 1.82) is 0 Å². The number of hydrogen-bond acceptors (Lipinski definition) is 3. The van der Waals surface area contributed by atoms with Gasteiger partial charge in [-0.3, -0.25) is 4.90 Å². The van der Waals surface area contributed by atoms with E-state index in [-0.39, 0.29) is 0 Å². The molecule has 0 spiro atoms. The third-order valence-corrected chi connectivity index (χ3v) is 6.38. The van der Waals surface area contributed by atoms with Crippen LogP contribution in [-0.4, -0.2) is 27.6 Å². The van der Waals surface area contributed by atoms with Crippen LogP contribution in [-0.2, 0) is 6.54 Å². The topological polar surface area (TPSA) is 33.7 Å². The Balaban J connectivity index is 1.52. The summed E-state index contributed by atoms with van der Waals surface area (Å²) in [7, 11) is 0. The van der Waals surface area contributed by atoms with Gasteiger partial charge in [-0.1, -0.05) is 23.8 Å². The summed E-state index contributed by atoms with van der Waals surface area (Å²) >= 11 is 0. The molecule has 2 saturated carbocycles. The predicted molar refractivity (Wildman–Crippen MR) is 113 cm³/mol. The van der Waals surface area contributed by atoms with Gasteiger partial charge in [0.05, 0.1) is 11.3 Å². The monoisotopic (exact) mass is 377 g/mol. The molecule has 4 heteroatoms. The van der Waals surface area contributed by atoms with Crippen molar-refractivity contribution >= 4 is 5.71 Å². The molecule has 28 heavy (non-hydrogen) atoms. The Bertz CT molecular complexity index is 1010. The van der Waals surface area contributed by atoms with Gasteiger partial charge < -0.3 is 4.42 Å². The van der Waals surface area contributed by atoms with Crippen LogP contribution in [0.4, 0.5) is 0 Å². The summed E-state index contributed by atoms with van der Waals surface area (Å²) in [5.41, 5.74) is 8.15. The summed E-state index contributed by atoms with van der Waals surface area (Å²) in [4.78, 5) is 2.66. The van der Waals surface area contributed by atoms with Crippen LogP contribution in [0.1, 0.15) is 53.8 Å². The fraction of sp³-hybridized carbons (Fsp3) is 0.542. The zero-order chi connectivity index (χ0) is 19.4. The molecule has 3 aromatic rings. The molecule has 0 saturated heterocycles. The van der Waals surface area contributed by atoms with E-state index < -0.39 is 0 Å². The maximum atomic E-state index is 6.31. The van der Waals surface area contributed by atoms with Crippen molar-refractivity contribution in [1.82, 2.24) is 14.5 Å². The minimum absolute atomic E-state index is 0.911. The second-order valence-corrected chi connectivity index (χ2v) is 9.19. The molecule has 2 aliphatic carbocycles. The first-order valence-electron chi connectivity index (χ1n) is 10.8. The molecule has 5 rings (SSSR count). The van der Waals surface area contributed by atoms with Gasteiger partial charge >= 0.3 is 0 Å². The number of rotatable bonds is 7. The average molecular weight is 378 g/mol. The molecule has 2 aliphatic rings. The van der Waals surface area contributed by atoms with Gasteiger partial charge in [0, 0.05) is 25.2 Å². The Morgan fingerprint density at radius 1 is 1.04 bits per heavy atom. The molecule has 4 nitrogen and oxygen atoms in total. The summed E-state index contributed by atoms with van der Waals surface area (Å²) in [5.74, 6) is 2.77. The Hall–Kier alpha value is -2.07. The quantitative estimate of drug-likeness (QED) is 0.549. The number of hydrogen-bond donors (Lipinski definition) is 0. The Morgan fingerprint density at radius 2 is 1.71 bits per heavy atom. The van der Waals surface area contributed by atoms with E-state index in [1.54, 1.807) is 0 Å².